The molecule has 0 bridgehead atoms. The van der Waals surface area contributed by atoms with Crippen molar-refractivity contribution in [2.75, 3.05) is 18.3 Å². The summed E-state index contributed by atoms with van der Waals surface area (Å²) >= 11 is 0.902. The highest BCUT2D eigenvalue weighted by atomic mass is 32.2. The highest BCUT2D eigenvalue weighted by molar-refractivity contribution is 7.99. The summed E-state index contributed by atoms with van der Waals surface area (Å²) in [6.07, 6.45) is -4.35. The van der Waals surface area contributed by atoms with Gasteiger partial charge in [0.05, 0.1) is 5.94 Å². The smallest absolute Gasteiger partial charge is 0.411 e. The second-order valence-corrected chi connectivity index (χ2v) is 3.37. The van der Waals surface area contributed by atoms with E-state index in [-0.39, 0.29) is 11.7 Å². The topological polar surface area (TPSA) is 72.5 Å². The van der Waals surface area contributed by atoms with Crippen molar-refractivity contribution in [1.29, 1.82) is 0 Å². The molecule has 0 saturated carbocycles. The molecule has 14 heavy (non-hydrogen) atoms. The molecule has 0 aromatic heterocycles. The van der Waals surface area contributed by atoms with Crippen molar-refractivity contribution in [3.05, 3.63) is 0 Å². The summed E-state index contributed by atoms with van der Waals surface area (Å²) in [5.74, 6) is -1.39. The predicted molar refractivity (Wildman–Crippen MR) is 44.9 cm³/mol. The van der Waals surface area contributed by atoms with Crippen molar-refractivity contribution in [3.63, 3.8) is 0 Å². The second kappa shape index (κ2) is 6.10. The third-order valence-electron chi connectivity index (χ3n) is 1.05. The van der Waals surface area contributed by atoms with Crippen LogP contribution < -0.4 is 5.73 Å². The van der Waals surface area contributed by atoms with Crippen LogP contribution in [0.4, 0.5) is 13.2 Å². The normalized spacial score (nSPS) is 14.0. The lowest BCUT2D eigenvalue weighted by Gasteiger charge is -2.08. The molecule has 0 rings (SSSR count). The number of carbonyl (C=O) groups is 1. The van der Waals surface area contributed by atoms with E-state index >= 15 is 0 Å². The summed E-state index contributed by atoms with van der Waals surface area (Å²) in [6, 6.07) is -1.07. The Hall–Kier alpha value is -0.470. The van der Waals surface area contributed by atoms with Crippen molar-refractivity contribution >= 4 is 17.7 Å². The monoisotopic (exact) mass is 233 g/mol. The molecule has 0 aromatic carbocycles. The van der Waals surface area contributed by atoms with E-state index in [1.807, 2.05) is 0 Å². The van der Waals surface area contributed by atoms with Gasteiger partial charge in [0.2, 0.25) is 0 Å². The van der Waals surface area contributed by atoms with E-state index in [1.165, 1.54) is 0 Å². The van der Waals surface area contributed by atoms with E-state index in [1.54, 1.807) is 0 Å². The van der Waals surface area contributed by atoms with Crippen molar-refractivity contribution < 1.29 is 27.8 Å². The Balaban J connectivity index is 3.35. The number of carboxylic acids is 1. The van der Waals surface area contributed by atoms with Gasteiger partial charge in [0.15, 0.2) is 0 Å². The Labute approximate surface area is 82.6 Å². The molecule has 0 aromatic rings. The number of aliphatic carboxylic acids is 1. The zero-order valence-corrected chi connectivity index (χ0v) is 7.90. The lowest BCUT2D eigenvalue weighted by molar-refractivity contribution is -0.168. The molecule has 0 aliphatic rings. The molecule has 3 N–H and O–H groups in total. The van der Waals surface area contributed by atoms with E-state index < -0.39 is 24.8 Å². The molecule has 8 heteroatoms. The third kappa shape index (κ3) is 8.14. The van der Waals surface area contributed by atoms with Gasteiger partial charge in [-0.3, -0.25) is 4.79 Å². The van der Waals surface area contributed by atoms with Gasteiger partial charge >= 0.3 is 12.1 Å². The average Bonchev–Trinajstić information content (AvgIpc) is 2.01. The fourth-order valence-corrected chi connectivity index (χ4v) is 1.16. The Morgan fingerprint density at radius 2 is 2.14 bits per heavy atom. The average molecular weight is 233 g/mol. The molecule has 4 nitrogen and oxygen atoms in total. The van der Waals surface area contributed by atoms with Crippen LogP contribution in [-0.2, 0) is 9.53 Å². The van der Waals surface area contributed by atoms with Crippen LogP contribution in [0.3, 0.4) is 0 Å². The van der Waals surface area contributed by atoms with Crippen LogP contribution in [0.5, 0.6) is 0 Å². The SMILES string of the molecule is NC(CSCOCC(F)(F)F)C(=O)O. The number of alkyl halides is 3. The Morgan fingerprint density at radius 3 is 2.57 bits per heavy atom. The number of nitrogens with two attached hydrogens (primary N) is 1. The summed E-state index contributed by atoms with van der Waals surface area (Å²) in [6.45, 7) is -1.33. The molecular formula is C6H10F3NO3S. The summed E-state index contributed by atoms with van der Waals surface area (Å²) in [4.78, 5) is 10.2. The molecule has 0 amide bonds. The number of thioether (sulfide) groups is 1. The summed E-state index contributed by atoms with van der Waals surface area (Å²) in [5.41, 5.74) is 5.09. The van der Waals surface area contributed by atoms with Crippen LogP contribution in [0.25, 0.3) is 0 Å². The Bertz CT molecular complexity index is 188. The van der Waals surface area contributed by atoms with Gasteiger partial charge in [0, 0.05) is 5.75 Å². The van der Waals surface area contributed by atoms with Crippen molar-refractivity contribution in [2.45, 2.75) is 12.2 Å². The zero-order valence-electron chi connectivity index (χ0n) is 7.08. The van der Waals surface area contributed by atoms with Gasteiger partial charge in [-0.05, 0) is 0 Å². The van der Waals surface area contributed by atoms with Gasteiger partial charge in [-0.15, -0.1) is 11.8 Å². The highest BCUT2D eigenvalue weighted by Gasteiger charge is 2.27. The lowest BCUT2D eigenvalue weighted by Crippen LogP contribution is -2.32. The van der Waals surface area contributed by atoms with Crippen molar-refractivity contribution in [3.8, 4) is 0 Å². The molecule has 0 radical (unpaired) electrons. The van der Waals surface area contributed by atoms with Crippen molar-refractivity contribution in [1.82, 2.24) is 0 Å². The predicted octanol–water partition coefficient (Wildman–Crippen LogP) is 0.668. The second-order valence-electron chi connectivity index (χ2n) is 2.40. The molecule has 0 aliphatic carbocycles. The van der Waals surface area contributed by atoms with Gasteiger partial charge in [0.1, 0.15) is 12.6 Å². The first-order chi connectivity index (χ1) is 6.33. The van der Waals surface area contributed by atoms with E-state index in [0.717, 1.165) is 11.8 Å². The maximum Gasteiger partial charge on any atom is 0.411 e. The van der Waals surface area contributed by atoms with Crippen LogP contribution in [-0.4, -0.2) is 41.6 Å². The quantitative estimate of drug-likeness (QED) is 0.521. The van der Waals surface area contributed by atoms with Crippen molar-refractivity contribution in [2.24, 2.45) is 5.73 Å². The summed E-state index contributed by atoms with van der Waals surface area (Å²) < 4.78 is 38.8. The molecule has 1 unspecified atom stereocenters. The minimum atomic E-state index is -4.35. The number of halogens is 3. The van der Waals surface area contributed by atoms with Crippen LogP contribution in [0.1, 0.15) is 0 Å². The zero-order chi connectivity index (χ0) is 11.2. The van der Waals surface area contributed by atoms with Gasteiger partial charge in [-0.2, -0.15) is 13.2 Å². The maximum absolute atomic E-state index is 11.5. The van der Waals surface area contributed by atoms with E-state index in [0.29, 0.717) is 0 Å². The largest absolute Gasteiger partial charge is 0.480 e. The minimum absolute atomic E-state index is 0.0210. The van der Waals surface area contributed by atoms with Crippen LogP contribution in [0, 0.1) is 0 Å². The Kier molecular flexibility index (Phi) is 5.89. The molecule has 84 valence electrons. The van der Waals surface area contributed by atoms with E-state index in [9.17, 15) is 18.0 Å². The number of carboxylic acid groups (broad SMARTS) is 1. The van der Waals surface area contributed by atoms with Gasteiger partial charge in [-0.1, -0.05) is 0 Å². The lowest BCUT2D eigenvalue weighted by atomic mass is 10.4. The fraction of sp³-hybridized carbons (Fsp3) is 0.833. The molecule has 1 atom stereocenters. The van der Waals surface area contributed by atoms with Gasteiger partial charge < -0.3 is 15.6 Å². The van der Waals surface area contributed by atoms with Crippen LogP contribution in [0.15, 0.2) is 0 Å². The molecule has 0 spiro atoms. The van der Waals surface area contributed by atoms with Gasteiger partial charge in [0.25, 0.3) is 0 Å². The number of ether oxygens (including phenoxy) is 1. The highest BCUT2D eigenvalue weighted by Crippen LogP contribution is 2.15. The Morgan fingerprint density at radius 1 is 1.57 bits per heavy atom. The first-order valence-electron chi connectivity index (χ1n) is 3.53. The maximum atomic E-state index is 11.5. The van der Waals surface area contributed by atoms with Crippen LogP contribution >= 0.6 is 11.8 Å². The molecule has 0 saturated heterocycles. The fourth-order valence-electron chi connectivity index (χ4n) is 0.463. The minimum Gasteiger partial charge on any atom is -0.480 e. The molecule has 0 aliphatic heterocycles. The number of hydrogen-bond acceptors (Lipinski definition) is 4. The molecule has 0 fully saturated rings. The third-order valence-corrected chi connectivity index (χ3v) is 1.98. The summed E-state index contributed by atoms with van der Waals surface area (Å²) in [7, 11) is 0. The van der Waals surface area contributed by atoms with Crippen LogP contribution in [0.2, 0.25) is 0 Å². The molecule has 0 heterocycles. The number of rotatable bonds is 6. The summed E-state index contributed by atoms with van der Waals surface area (Å²) in [5, 5.41) is 8.31. The standard InChI is InChI=1S/C6H10F3NO3S/c7-6(8,9)2-13-3-14-1-4(10)5(11)12/h4H,1-3,10H2,(H,11,12). The van der Waals surface area contributed by atoms with E-state index in [2.05, 4.69) is 4.74 Å². The first-order valence-corrected chi connectivity index (χ1v) is 4.69. The number of hydrogen-bond donors (Lipinski definition) is 2. The van der Waals surface area contributed by atoms with Gasteiger partial charge in [-0.25, -0.2) is 0 Å². The molecular weight excluding hydrogens is 223 g/mol. The first kappa shape index (κ1) is 13.5. The van der Waals surface area contributed by atoms with E-state index in [4.69, 9.17) is 10.8 Å².